The maximum Gasteiger partial charge on any atom is 0.0364 e. The number of fused-ring (bicyclic) bond motifs is 4. The molecule has 8 aliphatic carbocycles. The highest BCUT2D eigenvalue weighted by atomic mass is 15.0. The van der Waals surface area contributed by atoms with E-state index in [9.17, 15) is 0 Å². The van der Waals surface area contributed by atoms with Crippen molar-refractivity contribution in [1.82, 2.24) is 21.3 Å². The minimum absolute atomic E-state index is 0. The van der Waals surface area contributed by atoms with Gasteiger partial charge in [-0.25, -0.2) is 0 Å². The molecular formula is C60H116N4. The smallest absolute Gasteiger partial charge is 0.0364 e. The molecule has 0 aromatic carbocycles. The Morgan fingerprint density at radius 2 is 0.453 bits per heavy atom. The number of hydrogen-bond donors (Lipinski definition) is 4. The van der Waals surface area contributed by atoms with Gasteiger partial charge >= 0.3 is 0 Å². The quantitative estimate of drug-likeness (QED) is 0.183. The third-order valence-corrected chi connectivity index (χ3v) is 18.6. The van der Waals surface area contributed by atoms with Gasteiger partial charge in [-0.3, -0.25) is 0 Å². The van der Waals surface area contributed by atoms with E-state index in [2.05, 4.69) is 126 Å². The van der Waals surface area contributed by atoms with Gasteiger partial charge in [0.1, 0.15) is 0 Å². The zero-order valence-electron chi connectivity index (χ0n) is 41.0. The first-order valence-electron chi connectivity index (χ1n) is 26.5. The first-order valence-corrected chi connectivity index (χ1v) is 26.5. The van der Waals surface area contributed by atoms with Gasteiger partial charge in [0.2, 0.25) is 0 Å². The lowest BCUT2D eigenvalue weighted by atomic mass is 9.64. The fraction of sp³-hybridized carbons (Fsp3) is 0.867. The summed E-state index contributed by atoms with van der Waals surface area (Å²) in [6.45, 7) is 8.58. The second-order valence-corrected chi connectivity index (χ2v) is 21.8. The molecule has 8 aliphatic rings. The van der Waals surface area contributed by atoms with Gasteiger partial charge < -0.3 is 21.3 Å². The van der Waals surface area contributed by atoms with E-state index in [1.807, 2.05) is 0 Å². The molecule has 0 aromatic rings. The average Bonchev–Trinajstić information content (AvgIpc) is 3.30. The summed E-state index contributed by atoms with van der Waals surface area (Å²) in [5, 5.41) is 14.3. The van der Waals surface area contributed by atoms with Crippen molar-refractivity contribution in [3.8, 4) is 0 Å². The van der Waals surface area contributed by atoms with Crippen LogP contribution in [-0.2, 0) is 0 Å². The van der Waals surface area contributed by atoms with Crippen LogP contribution in [0.15, 0.2) is 48.6 Å². The molecule has 0 bridgehead atoms. The summed E-state index contributed by atoms with van der Waals surface area (Å²) >= 11 is 0. The molecule has 0 aliphatic heterocycles. The van der Waals surface area contributed by atoms with Crippen LogP contribution in [0.4, 0.5) is 0 Å². The largest absolute Gasteiger partial charge is 0.311 e. The van der Waals surface area contributed by atoms with E-state index >= 15 is 0 Å². The lowest BCUT2D eigenvalue weighted by Crippen LogP contribution is -2.48. The van der Waals surface area contributed by atoms with Crippen LogP contribution in [0.5, 0.6) is 0 Å². The molecule has 0 amide bonds. The summed E-state index contributed by atoms with van der Waals surface area (Å²) in [5.74, 6) is 8.17. The van der Waals surface area contributed by atoms with Crippen LogP contribution in [0, 0.1) is 47.3 Å². The van der Waals surface area contributed by atoms with Crippen molar-refractivity contribution in [3.05, 3.63) is 48.6 Å². The van der Waals surface area contributed by atoms with E-state index in [-0.39, 0.29) is 29.7 Å². The van der Waals surface area contributed by atoms with Gasteiger partial charge in [0.25, 0.3) is 0 Å². The van der Waals surface area contributed by atoms with E-state index in [0.29, 0.717) is 22.2 Å². The Hall–Kier alpha value is -1.20. The second kappa shape index (κ2) is 30.3. The van der Waals surface area contributed by atoms with Gasteiger partial charge in [-0.05, 0) is 180 Å². The molecule has 12 atom stereocenters. The van der Waals surface area contributed by atoms with Crippen molar-refractivity contribution < 1.29 is 0 Å². The molecule has 4 nitrogen and oxygen atoms in total. The van der Waals surface area contributed by atoms with Gasteiger partial charge in [-0.2, -0.15) is 0 Å². The number of allylic oxidation sites excluding steroid dienone is 4. The third kappa shape index (κ3) is 16.5. The van der Waals surface area contributed by atoms with Crippen molar-refractivity contribution in [3.63, 3.8) is 0 Å². The zero-order chi connectivity index (χ0) is 42.9. The summed E-state index contributed by atoms with van der Waals surface area (Å²) in [4.78, 5) is 0. The lowest BCUT2D eigenvalue weighted by molar-refractivity contribution is 0.116. The minimum atomic E-state index is 0. The summed E-state index contributed by atoms with van der Waals surface area (Å²) in [6, 6.07) is 0. The van der Waals surface area contributed by atoms with Gasteiger partial charge in [0.05, 0.1) is 0 Å². The van der Waals surface area contributed by atoms with Crippen LogP contribution in [0.1, 0.15) is 237 Å². The molecule has 4 heteroatoms. The first kappa shape index (κ1) is 60.8. The Morgan fingerprint density at radius 3 is 0.609 bits per heavy atom. The summed E-state index contributed by atoms with van der Waals surface area (Å²) in [5.41, 5.74) is 1.31. The molecule has 0 spiro atoms. The Bertz CT molecular complexity index is 1130. The molecule has 64 heavy (non-hydrogen) atoms. The second-order valence-electron chi connectivity index (χ2n) is 21.8. The number of hydrogen-bond acceptors (Lipinski definition) is 4. The van der Waals surface area contributed by atoms with Gasteiger partial charge in [0.15, 0.2) is 0 Å². The number of likely N-dealkylation sites (N-methyl/N-ethyl adjacent to an activating group) is 4. The van der Waals surface area contributed by atoms with Crippen LogP contribution >= 0.6 is 0 Å². The third-order valence-electron chi connectivity index (χ3n) is 18.6. The molecule has 0 heterocycles. The fourth-order valence-corrected chi connectivity index (χ4v) is 14.9. The monoisotopic (exact) mass is 893 g/mol. The summed E-state index contributed by atoms with van der Waals surface area (Å²) in [6.07, 6.45) is 58.8. The standard InChI is InChI=1S/4C14H25N.4CH4/c4*1-3-9-14(15-2)10-8-12-6-4-5-7-13(12)11-14;;;;/h4*3,9,12-13,15H,4-8,10-11H2,1-2H3;4*1H4/t12-,13+,14+;12-,13+,14-;12-,13-,14+;12-,13-,14-;;;;/m0101..../s1. The van der Waals surface area contributed by atoms with E-state index in [1.54, 1.807) is 0 Å². The Labute approximate surface area is 403 Å². The van der Waals surface area contributed by atoms with Crippen LogP contribution in [0.25, 0.3) is 0 Å². The van der Waals surface area contributed by atoms with Crippen molar-refractivity contribution in [2.75, 3.05) is 28.2 Å². The molecule has 4 N–H and O–H groups in total. The molecule has 8 fully saturated rings. The average molecular weight is 894 g/mol. The summed E-state index contributed by atoms with van der Waals surface area (Å²) < 4.78 is 0. The highest BCUT2D eigenvalue weighted by Crippen LogP contribution is 2.48. The molecule has 0 aromatic heterocycles. The highest BCUT2D eigenvalue weighted by Gasteiger charge is 2.42. The van der Waals surface area contributed by atoms with Crippen LogP contribution in [0.3, 0.4) is 0 Å². The van der Waals surface area contributed by atoms with Gasteiger partial charge in [-0.15, -0.1) is 0 Å². The highest BCUT2D eigenvalue weighted by molar-refractivity contribution is 5.12. The molecule has 0 unspecified atom stereocenters. The molecule has 376 valence electrons. The van der Waals surface area contributed by atoms with E-state index in [0.717, 1.165) is 47.3 Å². The van der Waals surface area contributed by atoms with Crippen molar-refractivity contribution in [2.24, 2.45) is 47.3 Å². The molecular weight excluding hydrogens is 777 g/mol. The first-order chi connectivity index (χ1) is 29.2. The van der Waals surface area contributed by atoms with Crippen LogP contribution in [-0.4, -0.2) is 50.3 Å². The predicted octanol–water partition coefficient (Wildman–Crippen LogP) is 16.6. The zero-order valence-corrected chi connectivity index (χ0v) is 41.0. The maximum atomic E-state index is 3.56. The molecule has 8 saturated carbocycles. The Morgan fingerprint density at radius 1 is 0.281 bits per heavy atom. The SMILES string of the molecule is C.C.C.C.CC=C[C@@]1(NC)CC[C@@H]2CCCC[C@@H]2C1.CC=C[C@@]1(NC)CC[C@@H]2CCCC[C@H]2C1.CC=C[C@@]1(NC)CC[C@H]2CCCC[C@@H]2C1.CC=C[C@@]1(NC)CC[C@H]2CCCC[C@H]2C1. The van der Waals surface area contributed by atoms with E-state index in [1.165, 1.54) is 180 Å². The summed E-state index contributed by atoms with van der Waals surface area (Å²) in [7, 11) is 8.51. The van der Waals surface area contributed by atoms with Crippen molar-refractivity contribution in [1.29, 1.82) is 0 Å². The van der Waals surface area contributed by atoms with Gasteiger partial charge in [0, 0.05) is 22.2 Å². The molecule has 8 rings (SSSR count). The minimum Gasteiger partial charge on any atom is -0.311 e. The number of rotatable bonds is 8. The normalized spacial score (nSPS) is 39.1. The topological polar surface area (TPSA) is 48.1 Å². The Balaban J connectivity index is 0.000000418. The van der Waals surface area contributed by atoms with Crippen molar-refractivity contribution in [2.45, 2.75) is 259 Å². The lowest BCUT2D eigenvalue weighted by Gasteiger charge is -2.45. The maximum absolute atomic E-state index is 3.56. The van der Waals surface area contributed by atoms with Crippen molar-refractivity contribution >= 4 is 0 Å². The fourth-order valence-electron chi connectivity index (χ4n) is 14.9. The molecule has 0 radical (unpaired) electrons. The van der Waals surface area contributed by atoms with Crippen LogP contribution < -0.4 is 21.3 Å². The molecule has 0 saturated heterocycles. The predicted molar refractivity (Wildman–Crippen MR) is 291 cm³/mol. The van der Waals surface area contributed by atoms with E-state index < -0.39 is 0 Å². The number of nitrogens with one attached hydrogen (secondary N) is 4. The van der Waals surface area contributed by atoms with Gasteiger partial charge in [-0.1, -0.05) is 181 Å². The van der Waals surface area contributed by atoms with E-state index in [4.69, 9.17) is 0 Å². The Kier molecular flexibility index (Phi) is 28.8. The van der Waals surface area contributed by atoms with Crippen LogP contribution in [0.2, 0.25) is 0 Å².